The fourth-order valence-corrected chi connectivity index (χ4v) is 3.15. The van der Waals surface area contributed by atoms with Crippen LogP contribution in [-0.4, -0.2) is 46.2 Å². The highest BCUT2D eigenvalue weighted by atomic mass is 16.5. The van der Waals surface area contributed by atoms with Gasteiger partial charge >= 0.3 is 0 Å². The average molecular weight is 370 g/mol. The molecule has 1 N–H and O–H groups in total. The summed E-state index contributed by atoms with van der Waals surface area (Å²) < 4.78 is 6.89. The van der Waals surface area contributed by atoms with E-state index in [1.807, 2.05) is 20.8 Å². The van der Waals surface area contributed by atoms with Crippen molar-refractivity contribution < 1.29 is 14.3 Å². The van der Waals surface area contributed by atoms with Crippen molar-refractivity contribution in [2.75, 3.05) is 19.0 Å². The summed E-state index contributed by atoms with van der Waals surface area (Å²) in [5.41, 5.74) is 0.990. The van der Waals surface area contributed by atoms with E-state index in [4.69, 9.17) is 4.74 Å². The molecule has 0 saturated carbocycles. The van der Waals surface area contributed by atoms with E-state index in [1.54, 1.807) is 53.4 Å². The number of methoxy groups -OCH3 is 1. The maximum atomic E-state index is 12.9. The van der Waals surface area contributed by atoms with E-state index in [9.17, 15) is 9.59 Å². The Morgan fingerprint density at radius 1 is 1.22 bits per heavy atom. The van der Waals surface area contributed by atoms with Gasteiger partial charge in [-0.25, -0.2) is 0 Å². The topological polar surface area (TPSA) is 76.5 Å². The molecule has 3 rings (SSSR count). The largest absolute Gasteiger partial charge is 0.497 e. The van der Waals surface area contributed by atoms with Crippen LogP contribution in [0.2, 0.25) is 0 Å². The molecule has 1 aliphatic rings. The van der Waals surface area contributed by atoms with Gasteiger partial charge < -0.3 is 15.0 Å². The summed E-state index contributed by atoms with van der Waals surface area (Å²) in [6.45, 7) is 6.64. The standard InChI is InChI=1S/C20H26N4O3/c1-20(2,3)24-13-14(12-21-24)19(26)23-11-5-6-17(23)18(25)22-15-7-9-16(27-4)10-8-15/h7-10,12-13,17H,5-6,11H2,1-4H3,(H,22,25). The molecule has 0 aliphatic carbocycles. The Hall–Kier alpha value is -2.83. The van der Waals surface area contributed by atoms with Gasteiger partial charge in [-0.2, -0.15) is 5.10 Å². The Labute approximate surface area is 159 Å². The molecule has 2 aromatic rings. The third kappa shape index (κ3) is 4.13. The lowest BCUT2D eigenvalue weighted by Gasteiger charge is -2.23. The number of rotatable bonds is 4. The lowest BCUT2D eigenvalue weighted by molar-refractivity contribution is -0.119. The second kappa shape index (κ2) is 7.42. The molecule has 0 spiro atoms. The summed E-state index contributed by atoms with van der Waals surface area (Å²) in [6, 6.07) is 6.66. The zero-order valence-electron chi connectivity index (χ0n) is 16.2. The molecule has 1 saturated heterocycles. The predicted octanol–water partition coefficient (Wildman–Crippen LogP) is 2.89. The van der Waals surface area contributed by atoms with Gasteiger partial charge in [-0.05, 0) is 57.9 Å². The SMILES string of the molecule is COc1ccc(NC(=O)C2CCCN2C(=O)c2cnn(C(C)(C)C)c2)cc1. The first-order chi connectivity index (χ1) is 12.8. The monoisotopic (exact) mass is 370 g/mol. The summed E-state index contributed by atoms with van der Waals surface area (Å²) in [4.78, 5) is 27.3. The van der Waals surface area contributed by atoms with Gasteiger partial charge in [0.15, 0.2) is 0 Å². The van der Waals surface area contributed by atoms with E-state index in [0.717, 1.165) is 12.2 Å². The Kier molecular flexibility index (Phi) is 5.21. The molecule has 1 fully saturated rings. The molecular weight excluding hydrogens is 344 g/mol. The average Bonchev–Trinajstić information content (AvgIpc) is 3.31. The van der Waals surface area contributed by atoms with Gasteiger partial charge in [0.2, 0.25) is 5.91 Å². The van der Waals surface area contributed by atoms with Crippen molar-refractivity contribution in [3.8, 4) is 5.75 Å². The number of carbonyl (C=O) groups excluding carboxylic acids is 2. The van der Waals surface area contributed by atoms with E-state index in [2.05, 4.69) is 10.4 Å². The Bertz CT molecular complexity index is 820. The fraction of sp³-hybridized carbons (Fsp3) is 0.450. The maximum Gasteiger partial charge on any atom is 0.257 e. The number of aromatic nitrogens is 2. The van der Waals surface area contributed by atoms with Crippen LogP contribution in [0.5, 0.6) is 5.75 Å². The lowest BCUT2D eigenvalue weighted by atomic mass is 10.1. The minimum atomic E-state index is -0.474. The molecule has 0 bridgehead atoms. The number of hydrogen-bond acceptors (Lipinski definition) is 4. The van der Waals surface area contributed by atoms with E-state index in [1.165, 1.54) is 0 Å². The van der Waals surface area contributed by atoms with Crippen LogP contribution >= 0.6 is 0 Å². The quantitative estimate of drug-likeness (QED) is 0.898. The van der Waals surface area contributed by atoms with Gasteiger partial charge in [0.05, 0.1) is 24.4 Å². The first-order valence-corrected chi connectivity index (χ1v) is 9.10. The molecule has 1 aromatic carbocycles. The number of likely N-dealkylation sites (tertiary alicyclic amines) is 1. The van der Waals surface area contributed by atoms with Crippen molar-refractivity contribution >= 4 is 17.5 Å². The van der Waals surface area contributed by atoms with Gasteiger partial charge in [-0.15, -0.1) is 0 Å². The summed E-state index contributed by atoms with van der Waals surface area (Å²) >= 11 is 0. The van der Waals surface area contributed by atoms with Crippen molar-refractivity contribution in [1.29, 1.82) is 0 Å². The van der Waals surface area contributed by atoms with Crippen LogP contribution in [0.3, 0.4) is 0 Å². The van der Waals surface area contributed by atoms with Gasteiger partial charge in [0, 0.05) is 18.4 Å². The van der Waals surface area contributed by atoms with Gasteiger partial charge in [0.1, 0.15) is 11.8 Å². The third-order valence-electron chi connectivity index (χ3n) is 4.69. The first kappa shape index (κ1) is 18.9. The third-order valence-corrected chi connectivity index (χ3v) is 4.69. The van der Waals surface area contributed by atoms with E-state index in [-0.39, 0.29) is 17.4 Å². The second-order valence-electron chi connectivity index (χ2n) is 7.72. The van der Waals surface area contributed by atoms with Crippen LogP contribution in [0.1, 0.15) is 44.0 Å². The van der Waals surface area contributed by atoms with E-state index >= 15 is 0 Å². The van der Waals surface area contributed by atoms with Crippen LogP contribution in [0.4, 0.5) is 5.69 Å². The number of ether oxygens (including phenoxy) is 1. The Balaban J connectivity index is 1.71. The molecular formula is C20H26N4O3. The zero-order valence-corrected chi connectivity index (χ0v) is 16.2. The molecule has 1 aliphatic heterocycles. The molecule has 2 amide bonds. The van der Waals surface area contributed by atoms with Crippen LogP contribution in [-0.2, 0) is 10.3 Å². The number of hydrogen-bond donors (Lipinski definition) is 1. The van der Waals surface area contributed by atoms with Crippen molar-refractivity contribution in [2.45, 2.75) is 45.2 Å². The van der Waals surface area contributed by atoms with Gasteiger partial charge in [0.25, 0.3) is 5.91 Å². The lowest BCUT2D eigenvalue weighted by Crippen LogP contribution is -2.43. The van der Waals surface area contributed by atoms with Crippen LogP contribution in [0.15, 0.2) is 36.7 Å². The highest BCUT2D eigenvalue weighted by Crippen LogP contribution is 2.23. The molecule has 1 aromatic heterocycles. The minimum Gasteiger partial charge on any atom is -0.497 e. The Morgan fingerprint density at radius 2 is 1.93 bits per heavy atom. The van der Waals surface area contributed by atoms with Crippen LogP contribution in [0, 0.1) is 0 Å². The molecule has 7 heteroatoms. The summed E-state index contributed by atoms with van der Waals surface area (Å²) in [5.74, 6) is 0.397. The predicted molar refractivity (Wildman–Crippen MR) is 103 cm³/mol. The zero-order chi connectivity index (χ0) is 19.6. The molecule has 2 heterocycles. The van der Waals surface area contributed by atoms with E-state index < -0.39 is 6.04 Å². The molecule has 1 unspecified atom stereocenters. The maximum absolute atomic E-state index is 12.9. The summed E-state index contributed by atoms with van der Waals surface area (Å²) in [6.07, 6.45) is 4.78. The number of nitrogens with one attached hydrogen (secondary N) is 1. The first-order valence-electron chi connectivity index (χ1n) is 9.10. The van der Waals surface area contributed by atoms with Crippen molar-refractivity contribution in [1.82, 2.24) is 14.7 Å². The summed E-state index contributed by atoms with van der Waals surface area (Å²) in [5, 5.41) is 7.18. The number of benzene rings is 1. The molecule has 0 radical (unpaired) electrons. The molecule has 144 valence electrons. The van der Waals surface area contributed by atoms with Crippen LogP contribution < -0.4 is 10.1 Å². The van der Waals surface area contributed by atoms with E-state index in [0.29, 0.717) is 24.2 Å². The normalized spacial score (nSPS) is 17.0. The van der Waals surface area contributed by atoms with Gasteiger partial charge in [-0.1, -0.05) is 0 Å². The van der Waals surface area contributed by atoms with Gasteiger partial charge in [-0.3, -0.25) is 14.3 Å². The second-order valence-corrected chi connectivity index (χ2v) is 7.72. The number of nitrogens with zero attached hydrogens (tertiary/aromatic N) is 3. The molecule has 27 heavy (non-hydrogen) atoms. The van der Waals surface area contributed by atoms with Crippen molar-refractivity contribution in [3.05, 3.63) is 42.2 Å². The minimum absolute atomic E-state index is 0.155. The number of carbonyl (C=O) groups is 2. The number of anilines is 1. The van der Waals surface area contributed by atoms with Crippen molar-refractivity contribution in [3.63, 3.8) is 0 Å². The highest BCUT2D eigenvalue weighted by Gasteiger charge is 2.35. The summed E-state index contributed by atoms with van der Waals surface area (Å²) in [7, 11) is 1.59. The highest BCUT2D eigenvalue weighted by molar-refractivity contribution is 6.01. The molecule has 1 atom stereocenters. The smallest absolute Gasteiger partial charge is 0.257 e. The molecule has 7 nitrogen and oxygen atoms in total. The Morgan fingerprint density at radius 3 is 2.52 bits per heavy atom. The van der Waals surface area contributed by atoms with Crippen molar-refractivity contribution in [2.24, 2.45) is 0 Å². The fourth-order valence-electron chi connectivity index (χ4n) is 3.15. The van der Waals surface area contributed by atoms with Crippen LogP contribution in [0.25, 0.3) is 0 Å². The number of amides is 2.